The highest BCUT2D eigenvalue weighted by Gasteiger charge is 2.09. The predicted octanol–water partition coefficient (Wildman–Crippen LogP) is 1.93. The Morgan fingerprint density at radius 1 is 1.38 bits per heavy atom. The predicted molar refractivity (Wildman–Crippen MR) is 91.7 cm³/mol. The second-order valence-electron chi connectivity index (χ2n) is 4.71. The molecule has 3 N–H and O–H groups in total. The number of nitrogens with zero attached hydrogens (tertiary/aromatic N) is 1. The molecule has 0 saturated heterocycles. The van der Waals surface area contributed by atoms with Gasteiger partial charge < -0.3 is 14.6 Å². The molecule has 126 valence electrons. The van der Waals surface area contributed by atoms with Crippen LogP contribution in [0.5, 0.6) is 5.88 Å². The molecule has 0 aliphatic rings. The lowest BCUT2D eigenvalue weighted by Crippen LogP contribution is -2.23. The molecule has 1 heterocycles. The van der Waals surface area contributed by atoms with E-state index >= 15 is 0 Å². The highest BCUT2D eigenvalue weighted by Crippen LogP contribution is 2.11. The Morgan fingerprint density at radius 2 is 2.17 bits per heavy atom. The summed E-state index contributed by atoms with van der Waals surface area (Å²) in [7, 11) is 0. The van der Waals surface area contributed by atoms with Crippen LogP contribution in [-0.4, -0.2) is 34.4 Å². The molecule has 2 aromatic rings. The van der Waals surface area contributed by atoms with Crippen LogP contribution in [-0.2, 0) is 4.79 Å². The molecular formula is C16H17N3O4S. The fourth-order valence-electron chi connectivity index (χ4n) is 1.74. The van der Waals surface area contributed by atoms with Crippen molar-refractivity contribution in [2.45, 2.75) is 6.42 Å². The van der Waals surface area contributed by atoms with Crippen LogP contribution in [0.2, 0.25) is 0 Å². The van der Waals surface area contributed by atoms with E-state index in [0.717, 1.165) is 5.56 Å². The molecule has 0 saturated carbocycles. The summed E-state index contributed by atoms with van der Waals surface area (Å²) in [5.41, 5.74) is 2.76. The zero-order valence-electron chi connectivity index (χ0n) is 12.8. The van der Waals surface area contributed by atoms with Gasteiger partial charge >= 0.3 is 0 Å². The Balaban J connectivity index is 1.62. The first-order chi connectivity index (χ1) is 11.7. The first-order valence-corrected chi connectivity index (χ1v) is 7.65. The third-order valence-corrected chi connectivity index (χ3v) is 3.20. The van der Waals surface area contributed by atoms with Crippen LogP contribution in [0.4, 0.5) is 0 Å². The Bertz CT molecular complexity index is 700. The van der Waals surface area contributed by atoms with E-state index in [4.69, 9.17) is 26.7 Å². The SMILES string of the molecule is O=C(C=Cc1ccccc1)NCCCOc1cc(C(=S)NO)on1. The molecule has 0 aliphatic heterocycles. The number of nitrogens with one attached hydrogen (secondary N) is 2. The van der Waals surface area contributed by atoms with Crippen LogP contribution in [0.1, 0.15) is 17.7 Å². The third kappa shape index (κ3) is 5.82. The highest BCUT2D eigenvalue weighted by molar-refractivity contribution is 7.80. The monoisotopic (exact) mass is 347 g/mol. The summed E-state index contributed by atoms with van der Waals surface area (Å²) in [6.45, 7) is 0.827. The smallest absolute Gasteiger partial charge is 0.254 e. The minimum Gasteiger partial charge on any atom is -0.475 e. The molecule has 0 fully saturated rings. The minimum atomic E-state index is -0.165. The Kier molecular flexibility index (Phi) is 6.93. The lowest BCUT2D eigenvalue weighted by Gasteiger charge is -2.03. The number of benzene rings is 1. The number of rotatable bonds is 8. The van der Waals surface area contributed by atoms with Crippen molar-refractivity contribution in [3.05, 3.63) is 53.8 Å². The Hall–Kier alpha value is -2.71. The topological polar surface area (TPSA) is 96.6 Å². The molecule has 0 radical (unpaired) electrons. The summed E-state index contributed by atoms with van der Waals surface area (Å²) >= 11 is 4.77. The van der Waals surface area contributed by atoms with Gasteiger partial charge in [0.2, 0.25) is 5.91 Å². The van der Waals surface area contributed by atoms with Crippen LogP contribution in [0.3, 0.4) is 0 Å². The van der Waals surface area contributed by atoms with Crippen LogP contribution in [0, 0.1) is 0 Å². The zero-order chi connectivity index (χ0) is 17.2. The summed E-state index contributed by atoms with van der Waals surface area (Å²) in [4.78, 5) is 11.7. The maximum atomic E-state index is 11.6. The van der Waals surface area contributed by atoms with Crippen molar-refractivity contribution >= 4 is 29.2 Å². The largest absolute Gasteiger partial charge is 0.475 e. The van der Waals surface area contributed by atoms with E-state index in [-0.39, 0.29) is 22.5 Å². The van der Waals surface area contributed by atoms with Gasteiger partial charge in [0.1, 0.15) is 0 Å². The second kappa shape index (κ2) is 9.43. The average molecular weight is 347 g/mol. The van der Waals surface area contributed by atoms with Crippen molar-refractivity contribution in [2.24, 2.45) is 0 Å². The first kappa shape index (κ1) is 17.6. The van der Waals surface area contributed by atoms with Crippen LogP contribution >= 0.6 is 12.2 Å². The summed E-state index contributed by atoms with van der Waals surface area (Å²) < 4.78 is 10.2. The zero-order valence-corrected chi connectivity index (χ0v) is 13.6. The van der Waals surface area contributed by atoms with E-state index in [1.54, 1.807) is 11.6 Å². The summed E-state index contributed by atoms with van der Waals surface area (Å²) in [6.07, 6.45) is 3.85. The van der Waals surface area contributed by atoms with Crippen LogP contribution < -0.4 is 15.5 Å². The molecule has 1 aromatic heterocycles. The van der Waals surface area contributed by atoms with Gasteiger partial charge in [0.05, 0.1) is 12.7 Å². The lowest BCUT2D eigenvalue weighted by atomic mass is 10.2. The quantitative estimate of drug-likeness (QED) is 0.290. The van der Waals surface area contributed by atoms with Gasteiger partial charge in [0.25, 0.3) is 5.88 Å². The number of aromatic nitrogens is 1. The van der Waals surface area contributed by atoms with E-state index in [1.165, 1.54) is 12.1 Å². The molecule has 24 heavy (non-hydrogen) atoms. The van der Waals surface area contributed by atoms with Crippen molar-refractivity contribution in [3.63, 3.8) is 0 Å². The van der Waals surface area contributed by atoms with E-state index in [1.807, 2.05) is 30.3 Å². The fraction of sp³-hybridized carbons (Fsp3) is 0.188. The molecule has 8 heteroatoms. The number of thiocarbonyl (C=S) groups is 1. The lowest BCUT2D eigenvalue weighted by molar-refractivity contribution is -0.116. The van der Waals surface area contributed by atoms with Crippen LogP contribution in [0.15, 0.2) is 47.0 Å². The van der Waals surface area contributed by atoms with Crippen molar-refractivity contribution < 1.29 is 19.3 Å². The summed E-state index contributed by atoms with van der Waals surface area (Å²) in [5, 5.41) is 15.1. The Morgan fingerprint density at radius 3 is 2.92 bits per heavy atom. The molecule has 2 rings (SSSR count). The van der Waals surface area contributed by atoms with Gasteiger partial charge in [-0.2, -0.15) is 0 Å². The third-order valence-electron chi connectivity index (χ3n) is 2.91. The van der Waals surface area contributed by atoms with Gasteiger partial charge in [-0.3, -0.25) is 15.5 Å². The Labute approximate surface area is 144 Å². The van der Waals surface area contributed by atoms with Crippen LogP contribution in [0.25, 0.3) is 6.08 Å². The van der Waals surface area contributed by atoms with Gasteiger partial charge in [0, 0.05) is 12.6 Å². The standard InChI is InChI=1S/C16H17N3O4S/c20-14(8-7-12-5-2-1-3-6-12)17-9-4-10-22-15-11-13(23-19-15)16(24)18-21/h1-3,5-8,11,21H,4,9-10H2,(H,17,20)(H,18,24). The second-order valence-corrected chi connectivity index (χ2v) is 5.12. The van der Waals surface area contributed by atoms with E-state index in [9.17, 15) is 4.79 Å². The van der Waals surface area contributed by atoms with Gasteiger partial charge in [-0.05, 0) is 23.2 Å². The van der Waals surface area contributed by atoms with E-state index in [2.05, 4.69) is 10.5 Å². The molecular weight excluding hydrogens is 330 g/mol. The number of hydrogen-bond donors (Lipinski definition) is 3. The normalized spacial score (nSPS) is 10.5. The van der Waals surface area contributed by atoms with Crippen molar-refractivity contribution in [1.29, 1.82) is 0 Å². The summed E-state index contributed by atoms with van der Waals surface area (Å²) in [6, 6.07) is 11.0. The number of hydrogen-bond acceptors (Lipinski definition) is 6. The molecule has 0 spiro atoms. The van der Waals surface area contributed by atoms with E-state index < -0.39 is 0 Å². The average Bonchev–Trinajstić information content (AvgIpc) is 3.09. The molecule has 0 bridgehead atoms. The van der Waals surface area contributed by atoms with Gasteiger partial charge in [-0.25, -0.2) is 0 Å². The van der Waals surface area contributed by atoms with Crippen molar-refractivity contribution in [3.8, 4) is 5.88 Å². The number of carbonyl (C=O) groups excluding carboxylic acids is 1. The number of ether oxygens (including phenoxy) is 1. The van der Waals surface area contributed by atoms with Gasteiger partial charge in [-0.1, -0.05) is 42.5 Å². The maximum absolute atomic E-state index is 11.6. The first-order valence-electron chi connectivity index (χ1n) is 7.24. The summed E-state index contributed by atoms with van der Waals surface area (Å²) in [5.74, 6) is 0.307. The number of hydroxylamine groups is 1. The minimum absolute atomic E-state index is 0.0230. The highest BCUT2D eigenvalue weighted by atomic mass is 32.1. The molecule has 1 amide bonds. The van der Waals surface area contributed by atoms with Gasteiger partial charge in [0.15, 0.2) is 10.7 Å². The fourth-order valence-corrected chi connectivity index (χ4v) is 1.84. The number of carbonyl (C=O) groups is 1. The number of amides is 1. The van der Waals surface area contributed by atoms with Crippen molar-refractivity contribution in [2.75, 3.05) is 13.2 Å². The molecule has 7 nitrogen and oxygen atoms in total. The molecule has 0 aliphatic carbocycles. The maximum Gasteiger partial charge on any atom is 0.254 e. The van der Waals surface area contributed by atoms with Crippen molar-refractivity contribution in [1.82, 2.24) is 16.0 Å². The van der Waals surface area contributed by atoms with E-state index in [0.29, 0.717) is 19.6 Å². The molecule has 0 atom stereocenters. The molecule has 0 unspecified atom stereocenters. The van der Waals surface area contributed by atoms with Gasteiger partial charge in [-0.15, -0.1) is 0 Å². The molecule has 1 aromatic carbocycles.